The summed E-state index contributed by atoms with van der Waals surface area (Å²) < 4.78 is 23.1. The minimum Gasteiger partial charge on any atom is -0.534 e. The minimum absolute atomic E-state index is 0.0476. The van der Waals surface area contributed by atoms with Crippen molar-refractivity contribution in [2.24, 2.45) is 15.0 Å². The van der Waals surface area contributed by atoms with Crippen LogP contribution in [0, 0.1) is 0 Å². The van der Waals surface area contributed by atoms with E-state index in [9.17, 15) is 83.1 Å². The molecule has 6 N–H and O–H groups in total. The van der Waals surface area contributed by atoms with Gasteiger partial charge in [0, 0.05) is 13.3 Å². The number of ether oxygens (including phenoxy) is 1. The monoisotopic (exact) mass is 1810 g/mol. The molecular formula is C84H94N6O22S6Si3. The van der Waals surface area contributed by atoms with E-state index in [-0.39, 0.29) is 84.6 Å². The molecule has 37 heteroatoms. The Bertz CT molecular complexity index is 4880. The molecule has 13 rings (SSSR count). The van der Waals surface area contributed by atoms with E-state index in [0.717, 1.165) is 91.7 Å². The Morgan fingerprint density at radius 2 is 0.603 bits per heavy atom. The maximum Gasteiger partial charge on any atom is 0.429 e. The van der Waals surface area contributed by atoms with E-state index in [1.165, 1.54) is 78.6 Å². The van der Waals surface area contributed by atoms with Gasteiger partial charge in [-0.3, -0.25) is 52.7 Å². The van der Waals surface area contributed by atoms with Crippen LogP contribution in [0.15, 0.2) is 191 Å². The van der Waals surface area contributed by atoms with Crippen molar-refractivity contribution in [3.8, 4) is 40.2 Å². The third-order valence-electron chi connectivity index (χ3n) is 18.1. The Balaban J connectivity index is 0.000000181. The van der Waals surface area contributed by atoms with Gasteiger partial charge < -0.3 is 48.7 Å². The summed E-state index contributed by atoms with van der Waals surface area (Å²) in [7, 11) is -5.33. The summed E-state index contributed by atoms with van der Waals surface area (Å²) >= 11 is 6.18. The van der Waals surface area contributed by atoms with Crippen molar-refractivity contribution in [3.63, 3.8) is 0 Å². The quantitative estimate of drug-likeness (QED) is 0.0386. The van der Waals surface area contributed by atoms with Crippen molar-refractivity contribution in [2.75, 3.05) is 0 Å². The van der Waals surface area contributed by atoms with E-state index in [2.05, 4.69) is 75.0 Å². The van der Waals surface area contributed by atoms with E-state index in [1.807, 2.05) is 36.4 Å². The topological polar surface area (TPSA) is 410 Å². The van der Waals surface area contributed by atoms with Gasteiger partial charge in [-0.25, -0.2) is 14.6 Å². The molecule has 0 saturated carbocycles. The molecule has 6 aliphatic heterocycles. The summed E-state index contributed by atoms with van der Waals surface area (Å²) in [5.41, 5.74) is 5.62. The average Bonchev–Trinajstić information content (AvgIpc) is 1.69. The van der Waals surface area contributed by atoms with E-state index < -0.39 is 92.0 Å². The first-order valence-corrected chi connectivity index (χ1v) is 52.9. The van der Waals surface area contributed by atoms with Crippen molar-refractivity contribution in [3.05, 3.63) is 209 Å². The van der Waals surface area contributed by atoms with Gasteiger partial charge in [-0.15, -0.1) is 0 Å². The Morgan fingerprint density at radius 3 is 0.868 bits per heavy atom. The summed E-state index contributed by atoms with van der Waals surface area (Å²) in [5, 5.41) is 51.3. The molecule has 6 aliphatic rings. The maximum absolute atomic E-state index is 12.4. The van der Waals surface area contributed by atoms with Crippen LogP contribution in [0.1, 0.15) is 74.4 Å². The van der Waals surface area contributed by atoms with E-state index >= 15 is 0 Å². The van der Waals surface area contributed by atoms with E-state index in [4.69, 9.17) is 23.1 Å². The third-order valence-corrected chi connectivity index (χ3v) is 30.2. The van der Waals surface area contributed by atoms with Crippen LogP contribution in [0.2, 0.25) is 57.4 Å². The van der Waals surface area contributed by atoms with Crippen LogP contribution in [0.5, 0.6) is 40.2 Å². The first-order chi connectivity index (χ1) is 57.2. The first kappa shape index (κ1) is 96.2. The van der Waals surface area contributed by atoms with Crippen LogP contribution < -0.4 is 4.74 Å². The fourth-order valence-electron chi connectivity index (χ4n) is 11.9. The van der Waals surface area contributed by atoms with Crippen LogP contribution in [0.3, 0.4) is 0 Å². The number of phenols is 6. The standard InChI is InChI=1S/C17H13NO5S.C16H23NO3SSi.C13H13NO4S.2C13H17NO3SSi.C12H11NO4S/c19-12-8-6-11(7-9-12)10-14-15(20)18(17(22)24-14)16(21)23-13-4-2-1-3-5-13;1-4-22(5-2,6-3)20-15-14(21-16(19)17-15)11-12-7-9-13(18)10-8-12;1-2-11(16)14-12(17)10(19-13(14)18)7-8-3-5-9(15)6-4-8;2*1-19(2,3)17-12-11(18-13(16)14-12)8-9-4-6-10(15)7-5-9;1-7(14)13-11(16)10(18-12(13)17)6-8-2-4-9(15)5-3-8/h1-9,14,19H,10H2;7-10,14,18H,4-6,11H2,1-3H3;3-6,10,15H,2,7H2,1H3;2*4-7,11,15H,8H2,1-3H3;2-5,10,15H,6H2,1H3. The summed E-state index contributed by atoms with van der Waals surface area (Å²) in [6.45, 7) is 21.7. The normalized spacial score (nSPS) is 18.7. The number of thioether (sulfide) groups is 6. The lowest BCUT2D eigenvalue weighted by Gasteiger charge is -2.30. The minimum atomic E-state index is -1.82. The molecule has 0 aromatic heterocycles. The smallest absolute Gasteiger partial charge is 0.429 e. The van der Waals surface area contributed by atoms with Crippen molar-refractivity contribution >= 4 is 180 Å². The van der Waals surface area contributed by atoms with Gasteiger partial charge in [0.1, 0.15) is 40.2 Å². The highest BCUT2D eigenvalue weighted by Gasteiger charge is 2.47. The Kier molecular flexibility index (Phi) is 35.4. The second-order valence-corrected chi connectivity index (χ2v) is 50.0. The number of hydrogen-bond donors (Lipinski definition) is 6. The van der Waals surface area contributed by atoms with Gasteiger partial charge in [-0.2, -0.15) is 19.9 Å². The molecule has 6 heterocycles. The largest absolute Gasteiger partial charge is 0.534 e. The fourth-order valence-corrected chi connectivity index (χ4v) is 22.0. The molecule has 28 nitrogen and oxygen atoms in total. The lowest BCUT2D eigenvalue weighted by molar-refractivity contribution is -0.140. The number of carbonyl (C=O) groups excluding carboxylic acids is 12. The van der Waals surface area contributed by atoms with Gasteiger partial charge in [0.2, 0.25) is 28.4 Å². The molecule has 0 bridgehead atoms. The summed E-state index contributed by atoms with van der Waals surface area (Å²) in [4.78, 5) is 155. The van der Waals surface area contributed by atoms with Gasteiger partial charge >= 0.3 is 21.8 Å². The fraction of sp³-hybridized carbons (Fsp3) is 0.321. The highest BCUT2D eigenvalue weighted by Crippen LogP contribution is 2.37. The number of rotatable bonds is 20. The zero-order chi connectivity index (χ0) is 88.6. The molecule has 121 heavy (non-hydrogen) atoms. The average molecular weight is 1820 g/mol. The molecule has 6 atom stereocenters. The molecule has 0 radical (unpaired) electrons. The number of carbonyl (C=O) groups is 12. The van der Waals surface area contributed by atoms with Crippen LogP contribution >= 0.6 is 70.6 Å². The van der Waals surface area contributed by atoms with Gasteiger partial charge in [-0.05, 0) is 261 Å². The Morgan fingerprint density at radius 1 is 0.347 bits per heavy atom. The number of amides is 12. The Labute approximate surface area is 728 Å². The summed E-state index contributed by atoms with van der Waals surface area (Å²) in [6, 6.07) is 51.6. The number of phenolic OH excluding ortho intramolecular Hbond substituents is 6. The molecule has 3 saturated heterocycles. The number of hydrogen-bond acceptors (Lipinski definition) is 28. The number of imide groups is 9. The van der Waals surface area contributed by atoms with Crippen LogP contribution in [0.4, 0.5) is 33.6 Å². The number of nitrogens with zero attached hydrogens (tertiary/aromatic N) is 6. The number of aliphatic imine (C=N–C) groups is 3. The van der Waals surface area contributed by atoms with Gasteiger partial charge in [0.15, 0.2) is 17.7 Å². The van der Waals surface area contributed by atoms with E-state index in [1.54, 1.807) is 110 Å². The molecule has 7 aromatic carbocycles. The molecule has 640 valence electrons. The second kappa shape index (κ2) is 44.5. The number of para-hydroxylation sites is 1. The maximum atomic E-state index is 12.4. The number of benzene rings is 7. The molecule has 12 amide bonds. The van der Waals surface area contributed by atoms with Crippen LogP contribution in [-0.4, -0.2) is 187 Å². The van der Waals surface area contributed by atoms with E-state index in [0.29, 0.717) is 59.6 Å². The highest BCUT2D eigenvalue weighted by molar-refractivity contribution is 8.16. The van der Waals surface area contributed by atoms with Crippen molar-refractivity contribution < 1.29 is 106 Å². The lowest BCUT2D eigenvalue weighted by Crippen LogP contribution is -2.40. The molecule has 3 fully saturated rings. The first-order valence-electron chi connectivity index (χ1n) is 38.3. The third kappa shape index (κ3) is 29.5. The zero-order valence-corrected chi connectivity index (χ0v) is 76.0. The van der Waals surface area contributed by atoms with Crippen molar-refractivity contribution in [2.45, 2.75) is 168 Å². The zero-order valence-electron chi connectivity index (χ0n) is 68.1. The molecule has 6 unspecified atom stereocenters. The molecule has 0 aliphatic carbocycles. The summed E-state index contributed by atoms with van der Waals surface area (Å²) in [6.07, 6.45) is 2.19. The molecule has 7 aromatic rings. The van der Waals surface area contributed by atoms with Gasteiger partial charge in [0.25, 0.3) is 41.8 Å². The number of aromatic hydroxyl groups is 6. The van der Waals surface area contributed by atoms with Crippen molar-refractivity contribution in [1.29, 1.82) is 0 Å². The van der Waals surface area contributed by atoms with Gasteiger partial charge in [-0.1, -0.05) is 142 Å². The predicted octanol–water partition coefficient (Wildman–Crippen LogP) is 18.1. The van der Waals surface area contributed by atoms with Crippen LogP contribution in [0.25, 0.3) is 0 Å². The Hall–Kier alpha value is -10.3. The summed E-state index contributed by atoms with van der Waals surface area (Å²) in [5.74, 6) is 0.600. The van der Waals surface area contributed by atoms with Gasteiger partial charge in [0.05, 0.1) is 31.5 Å². The SMILES string of the molecule is CC(=O)N1C(=O)SC(Cc2ccc(O)cc2)C1=O.CCC(=O)N1C(=O)SC(Cc2ccc(O)cc2)C1=O.CC[Si](CC)(CC)OC1=NC(=O)SC1Cc1ccc(O)cc1.C[Si](C)(C)OC1=NC(=O)SC1Cc1ccc(O)cc1.C[Si](C)(C)OC1=NC(=O)SC1Cc1ccc(O)cc1.O=C(Oc1ccccc1)N1C(=O)SC(Cc2ccc(O)cc2)C1=O. The predicted molar refractivity (Wildman–Crippen MR) is 480 cm³/mol. The van der Waals surface area contributed by atoms with Crippen molar-refractivity contribution in [1.82, 2.24) is 14.7 Å². The second-order valence-electron chi connectivity index (χ2n) is 29.6. The molecule has 0 spiro atoms. The highest BCUT2D eigenvalue weighted by atomic mass is 32.2. The molecular weight excluding hydrogens is 1720 g/mol. The van der Waals surface area contributed by atoms with Crippen LogP contribution in [-0.2, 0) is 75.8 Å². The lowest BCUT2D eigenvalue weighted by atomic mass is 10.1.